The maximum atomic E-state index is 12.4. The van der Waals surface area contributed by atoms with E-state index in [2.05, 4.69) is 22.4 Å². The number of anilines is 1. The predicted molar refractivity (Wildman–Crippen MR) is 91.3 cm³/mol. The van der Waals surface area contributed by atoms with E-state index in [1.54, 1.807) is 24.3 Å². The van der Waals surface area contributed by atoms with Crippen molar-refractivity contribution in [3.05, 3.63) is 64.8 Å². The quantitative estimate of drug-likeness (QED) is 0.772. The van der Waals surface area contributed by atoms with Crippen LogP contribution in [0.25, 0.3) is 10.9 Å². The number of benzene rings is 2. The first-order chi connectivity index (χ1) is 11.1. The number of nitriles is 1. The van der Waals surface area contributed by atoms with Crippen LogP contribution in [-0.2, 0) is 11.2 Å². The van der Waals surface area contributed by atoms with Crippen LogP contribution in [0.1, 0.15) is 22.4 Å². The average molecular weight is 303 g/mol. The third kappa shape index (κ3) is 2.95. The largest absolute Gasteiger partial charge is 0.358 e. The van der Waals surface area contributed by atoms with Gasteiger partial charge in [-0.1, -0.05) is 23.8 Å². The standard InChI is InChI=1S/C19H17N3O/c1-12-7-8-18-16(9-12)15(13(2)21-18)10-19(23)22-17-6-4-3-5-14(17)11-20/h3-9,21H,10H2,1-2H3,(H,22,23). The minimum absolute atomic E-state index is 0.127. The van der Waals surface area contributed by atoms with Crippen LogP contribution in [0.5, 0.6) is 0 Å². The second-order valence-corrected chi connectivity index (χ2v) is 5.66. The van der Waals surface area contributed by atoms with E-state index in [9.17, 15) is 4.79 Å². The van der Waals surface area contributed by atoms with E-state index in [0.717, 1.165) is 27.7 Å². The van der Waals surface area contributed by atoms with Crippen molar-refractivity contribution in [3.8, 4) is 6.07 Å². The molecule has 4 heteroatoms. The second kappa shape index (κ2) is 5.98. The lowest BCUT2D eigenvalue weighted by Gasteiger charge is -2.07. The van der Waals surface area contributed by atoms with E-state index < -0.39 is 0 Å². The summed E-state index contributed by atoms with van der Waals surface area (Å²) in [5, 5.41) is 13.0. The van der Waals surface area contributed by atoms with E-state index in [0.29, 0.717) is 11.3 Å². The molecule has 0 radical (unpaired) electrons. The van der Waals surface area contributed by atoms with Crippen molar-refractivity contribution in [1.29, 1.82) is 5.26 Å². The molecule has 0 saturated carbocycles. The molecule has 0 unspecified atom stereocenters. The van der Waals surface area contributed by atoms with Gasteiger partial charge in [0, 0.05) is 16.6 Å². The van der Waals surface area contributed by atoms with Crippen LogP contribution in [0, 0.1) is 25.2 Å². The number of hydrogen-bond donors (Lipinski definition) is 2. The molecule has 1 aromatic heterocycles. The zero-order valence-corrected chi connectivity index (χ0v) is 13.1. The number of H-pyrrole nitrogens is 1. The number of hydrogen-bond acceptors (Lipinski definition) is 2. The van der Waals surface area contributed by atoms with Gasteiger partial charge in [-0.15, -0.1) is 0 Å². The first-order valence-electron chi connectivity index (χ1n) is 7.45. The van der Waals surface area contributed by atoms with Gasteiger partial charge >= 0.3 is 0 Å². The van der Waals surface area contributed by atoms with Crippen LogP contribution >= 0.6 is 0 Å². The van der Waals surface area contributed by atoms with E-state index in [1.807, 2.05) is 26.0 Å². The summed E-state index contributed by atoms with van der Waals surface area (Å²) in [6.07, 6.45) is 0.273. The molecule has 4 nitrogen and oxygen atoms in total. The number of aromatic amines is 1. The van der Waals surface area contributed by atoms with Crippen LogP contribution < -0.4 is 5.32 Å². The number of carbonyl (C=O) groups is 1. The smallest absolute Gasteiger partial charge is 0.228 e. The molecule has 0 aliphatic carbocycles. The molecule has 1 amide bonds. The lowest BCUT2D eigenvalue weighted by atomic mass is 10.1. The highest BCUT2D eigenvalue weighted by atomic mass is 16.1. The summed E-state index contributed by atoms with van der Waals surface area (Å²) >= 11 is 0. The number of rotatable bonds is 3. The Bertz CT molecular complexity index is 931. The van der Waals surface area contributed by atoms with Crippen molar-refractivity contribution in [2.75, 3.05) is 5.32 Å². The maximum Gasteiger partial charge on any atom is 0.228 e. The minimum atomic E-state index is -0.127. The topological polar surface area (TPSA) is 68.7 Å². The minimum Gasteiger partial charge on any atom is -0.358 e. The molecule has 0 spiro atoms. The number of carbonyl (C=O) groups excluding carboxylic acids is 1. The van der Waals surface area contributed by atoms with Crippen molar-refractivity contribution in [1.82, 2.24) is 4.98 Å². The monoisotopic (exact) mass is 303 g/mol. The second-order valence-electron chi connectivity index (χ2n) is 5.66. The third-order valence-electron chi connectivity index (χ3n) is 3.93. The van der Waals surface area contributed by atoms with Gasteiger partial charge in [-0.05, 0) is 43.7 Å². The van der Waals surface area contributed by atoms with Gasteiger partial charge < -0.3 is 10.3 Å². The number of aryl methyl sites for hydroxylation is 2. The summed E-state index contributed by atoms with van der Waals surface area (Å²) in [7, 11) is 0. The van der Waals surface area contributed by atoms with Crippen LogP contribution in [0.4, 0.5) is 5.69 Å². The van der Waals surface area contributed by atoms with Crippen LogP contribution in [0.15, 0.2) is 42.5 Å². The first-order valence-corrected chi connectivity index (χ1v) is 7.45. The molecule has 23 heavy (non-hydrogen) atoms. The molecule has 114 valence electrons. The van der Waals surface area contributed by atoms with E-state index >= 15 is 0 Å². The Morgan fingerprint density at radius 1 is 1.22 bits per heavy atom. The molecule has 1 heterocycles. The van der Waals surface area contributed by atoms with Crippen molar-refractivity contribution in [2.24, 2.45) is 0 Å². The van der Waals surface area contributed by atoms with Crippen molar-refractivity contribution < 1.29 is 4.79 Å². The molecule has 0 bridgehead atoms. The molecule has 2 N–H and O–H groups in total. The molecule has 0 aliphatic heterocycles. The van der Waals surface area contributed by atoms with Crippen molar-refractivity contribution >= 4 is 22.5 Å². The molecule has 0 atom stereocenters. The summed E-state index contributed by atoms with van der Waals surface area (Å²) in [4.78, 5) is 15.7. The lowest BCUT2D eigenvalue weighted by Crippen LogP contribution is -2.15. The molecule has 2 aromatic carbocycles. The van der Waals surface area contributed by atoms with E-state index in [4.69, 9.17) is 5.26 Å². The molecule has 0 aliphatic rings. The number of amides is 1. The zero-order chi connectivity index (χ0) is 16.4. The number of fused-ring (bicyclic) bond motifs is 1. The molecular weight excluding hydrogens is 286 g/mol. The average Bonchev–Trinajstić information content (AvgIpc) is 2.83. The van der Waals surface area contributed by atoms with Gasteiger partial charge in [0.25, 0.3) is 0 Å². The van der Waals surface area contributed by atoms with Gasteiger partial charge in [0.05, 0.1) is 17.7 Å². The fourth-order valence-electron chi connectivity index (χ4n) is 2.77. The van der Waals surface area contributed by atoms with Crippen molar-refractivity contribution in [2.45, 2.75) is 20.3 Å². The van der Waals surface area contributed by atoms with Gasteiger partial charge in [-0.3, -0.25) is 4.79 Å². The maximum absolute atomic E-state index is 12.4. The molecule has 3 rings (SSSR count). The number of nitrogens with one attached hydrogen (secondary N) is 2. The summed E-state index contributed by atoms with van der Waals surface area (Å²) in [6.45, 7) is 4.01. The summed E-state index contributed by atoms with van der Waals surface area (Å²) < 4.78 is 0. The predicted octanol–water partition coefficient (Wildman–Crippen LogP) is 3.84. The number of aromatic nitrogens is 1. The molecule has 0 saturated heterocycles. The summed E-state index contributed by atoms with van der Waals surface area (Å²) in [5.74, 6) is -0.127. The SMILES string of the molecule is Cc1ccc2[nH]c(C)c(CC(=O)Nc3ccccc3C#N)c2c1. The number of nitrogens with zero attached hydrogens (tertiary/aromatic N) is 1. The van der Waals surface area contributed by atoms with Gasteiger partial charge in [0.1, 0.15) is 6.07 Å². The van der Waals surface area contributed by atoms with Crippen LogP contribution in [0.3, 0.4) is 0 Å². The first kappa shape index (κ1) is 14.9. The Morgan fingerprint density at radius 2 is 2.00 bits per heavy atom. The molecule has 3 aromatic rings. The highest BCUT2D eigenvalue weighted by molar-refractivity contribution is 5.97. The van der Waals surface area contributed by atoms with E-state index in [1.165, 1.54) is 0 Å². The Labute approximate surface area is 134 Å². The third-order valence-corrected chi connectivity index (χ3v) is 3.93. The van der Waals surface area contributed by atoms with E-state index in [-0.39, 0.29) is 12.3 Å². The van der Waals surface area contributed by atoms with Gasteiger partial charge in [-0.25, -0.2) is 0 Å². The molecular formula is C19H17N3O. The lowest BCUT2D eigenvalue weighted by molar-refractivity contribution is -0.115. The Kier molecular flexibility index (Phi) is 3.86. The highest BCUT2D eigenvalue weighted by Crippen LogP contribution is 2.24. The van der Waals surface area contributed by atoms with Gasteiger partial charge in [0.15, 0.2) is 0 Å². The van der Waals surface area contributed by atoms with Gasteiger partial charge in [-0.2, -0.15) is 5.26 Å². The van der Waals surface area contributed by atoms with Crippen LogP contribution in [-0.4, -0.2) is 10.9 Å². The van der Waals surface area contributed by atoms with Crippen LogP contribution in [0.2, 0.25) is 0 Å². The van der Waals surface area contributed by atoms with Gasteiger partial charge in [0.2, 0.25) is 5.91 Å². The molecule has 0 fully saturated rings. The van der Waals surface area contributed by atoms with Crippen molar-refractivity contribution in [3.63, 3.8) is 0 Å². The fourth-order valence-corrected chi connectivity index (χ4v) is 2.77. The Balaban J connectivity index is 1.87. The number of para-hydroxylation sites is 1. The summed E-state index contributed by atoms with van der Waals surface area (Å²) in [5.41, 5.74) is 5.20. The Hall–Kier alpha value is -3.06. The zero-order valence-electron chi connectivity index (χ0n) is 13.1. The summed E-state index contributed by atoms with van der Waals surface area (Å²) in [6, 6.07) is 15.3. The fraction of sp³-hybridized carbons (Fsp3) is 0.158. The Morgan fingerprint density at radius 3 is 2.78 bits per heavy atom. The normalized spacial score (nSPS) is 10.5. The highest BCUT2D eigenvalue weighted by Gasteiger charge is 2.13.